The van der Waals surface area contributed by atoms with Crippen LogP contribution in [-0.4, -0.2) is 5.78 Å². The molecule has 1 nitrogen and oxygen atoms in total. The summed E-state index contributed by atoms with van der Waals surface area (Å²) < 4.78 is 0.775. The van der Waals surface area contributed by atoms with Gasteiger partial charge < -0.3 is 0 Å². The molecule has 19 heavy (non-hydrogen) atoms. The number of carbonyl (C=O) groups is 1. The molecule has 0 unspecified atom stereocenters. The molecule has 0 radical (unpaired) electrons. The largest absolute Gasteiger partial charge is 0.294 e. The van der Waals surface area contributed by atoms with Gasteiger partial charge in [-0.2, -0.15) is 0 Å². The predicted molar refractivity (Wildman–Crippen MR) is 83.6 cm³/mol. The van der Waals surface area contributed by atoms with Crippen molar-refractivity contribution in [2.24, 2.45) is 0 Å². The van der Waals surface area contributed by atoms with E-state index in [0.29, 0.717) is 20.6 Å². The molecule has 2 aromatic carbocycles. The zero-order valence-corrected chi connectivity index (χ0v) is 13.4. The molecule has 0 fully saturated rings. The van der Waals surface area contributed by atoms with Gasteiger partial charge in [-0.15, -0.1) is 0 Å². The second-order valence-electron chi connectivity index (χ2n) is 4.01. The summed E-state index contributed by atoms with van der Waals surface area (Å²) in [5.41, 5.74) is 1.38. The number of carbonyl (C=O) groups excluding carboxylic acids is 1. The van der Waals surface area contributed by atoms with E-state index in [1.807, 2.05) is 0 Å². The van der Waals surface area contributed by atoms with E-state index in [1.165, 1.54) is 0 Å². The maximum Gasteiger partial charge on any atom is 0.167 e. The van der Waals surface area contributed by atoms with Crippen molar-refractivity contribution in [1.29, 1.82) is 0 Å². The highest BCUT2D eigenvalue weighted by molar-refractivity contribution is 9.10. The number of benzene rings is 2. The summed E-state index contributed by atoms with van der Waals surface area (Å²) in [7, 11) is 0. The molecule has 0 heterocycles. The topological polar surface area (TPSA) is 17.1 Å². The summed E-state index contributed by atoms with van der Waals surface area (Å²) >= 11 is 21.0. The molecular formula is C14H8BrCl3O. The fraction of sp³-hybridized carbons (Fsp3) is 0.0714. The van der Waals surface area contributed by atoms with Crippen LogP contribution in [0.3, 0.4) is 0 Å². The Balaban J connectivity index is 2.22. The van der Waals surface area contributed by atoms with E-state index >= 15 is 0 Å². The minimum Gasteiger partial charge on any atom is -0.294 e. The molecule has 0 saturated heterocycles. The number of halogens is 4. The van der Waals surface area contributed by atoms with E-state index in [9.17, 15) is 4.79 Å². The Morgan fingerprint density at radius 3 is 2.37 bits per heavy atom. The molecule has 2 rings (SSSR count). The normalized spacial score (nSPS) is 10.5. The molecule has 0 atom stereocenters. The van der Waals surface area contributed by atoms with Gasteiger partial charge in [0.25, 0.3) is 0 Å². The SMILES string of the molecule is O=C(Cc1ccc(Cl)c(Cl)c1)c1cc(Cl)cc(Br)c1. The van der Waals surface area contributed by atoms with Crippen LogP contribution < -0.4 is 0 Å². The maximum atomic E-state index is 12.2. The molecule has 0 aliphatic heterocycles. The van der Waals surface area contributed by atoms with Crippen LogP contribution in [0.25, 0.3) is 0 Å². The molecule has 0 saturated carbocycles. The van der Waals surface area contributed by atoms with Gasteiger partial charge in [0.15, 0.2) is 5.78 Å². The lowest BCUT2D eigenvalue weighted by atomic mass is 10.0. The van der Waals surface area contributed by atoms with Crippen molar-refractivity contribution >= 4 is 56.5 Å². The first kappa shape index (κ1) is 14.9. The first-order valence-electron chi connectivity index (χ1n) is 5.39. The first-order valence-corrected chi connectivity index (χ1v) is 7.31. The minimum atomic E-state index is -0.0263. The molecule has 0 N–H and O–H groups in total. The van der Waals surface area contributed by atoms with Gasteiger partial charge >= 0.3 is 0 Å². The molecular weight excluding hydrogens is 370 g/mol. The van der Waals surface area contributed by atoms with Crippen LogP contribution in [-0.2, 0) is 6.42 Å². The lowest BCUT2D eigenvalue weighted by Crippen LogP contribution is -2.03. The van der Waals surface area contributed by atoms with E-state index in [2.05, 4.69) is 15.9 Å². The van der Waals surface area contributed by atoms with Crippen LogP contribution in [0.5, 0.6) is 0 Å². The van der Waals surface area contributed by atoms with Gasteiger partial charge in [-0.3, -0.25) is 4.79 Å². The Morgan fingerprint density at radius 1 is 1.00 bits per heavy atom. The molecule has 5 heteroatoms. The highest BCUT2D eigenvalue weighted by Gasteiger charge is 2.10. The van der Waals surface area contributed by atoms with Crippen LogP contribution in [0.1, 0.15) is 15.9 Å². The Morgan fingerprint density at radius 2 is 1.74 bits per heavy atom. The minimum absolute atomic E-state index is 0.0263. The van der Waals surface area contributed by atoms with Gasteiger partial charge in [0.1, 0.15) is 0 Å². The average molecular weight is 378 g/mol. The summed E-state index contributed by atoms with van der Waals surface area (Å²) in [6.45, 7) is 0. The van der Waals surface area contributed by atoms with E-state index in [-0.39, 0.29) is 12.2 Å². The van der Waals surface area contributed by atoms with Gasteiger partial charge in [0, 0.05) is 21.5 Å². The van der Waals surface area contributed by atoms with Gasteiger partial charge in [0.2, 0.25) is 0 Å². The number of rotatable bonds is 3. The zero-order chi connectivity index (χ0) is 14.0. The Kier molecular flexibility index (Phi) is 4.91. The van der Waals surface area contributed by atoms with Crippen LogP contribution in [0.15, 0.2) is 40.9 Å². The van der Waals surface area contributed by atoms with Crippen molar-refractivity contribution in [1.82, 2.24) is 0 Å². The molecule has 0 aliphatic rings. The van der Waals surface area contributed by atoms with Crippen LogP contribution in [0.2, 0.25) is 15.1 Å². The lowest BCUT2D eigenvalue weighted by Gasteiger charge is -2.04. The van der Waals surface area contributed by atoms with Crippen LogP contribution in [0.4, 0.5) is 0 Å². The van der Waals surface area contributed by atoms with Gasteiger partial charge in [0.05, 0.1) is 10.0 Å². The number of Topliss-reactive ketones (excluding diaryl/α,β-unsaturated/α-hetero) is 1. The van der Waals surface area contributed by atoms with Gasteiger partial charge in [-0.05, 0) is 35.9 Å². The summed E-state index contributed by atoms with van der Waals surface area (Å²) in [6, 6.07) is 10.3. The number of ketones is 1. The number of hydrogen-bond acceptors (Lipinski definition) is 1. The molecule has 98 valence electrons. The van der Waals surface area contributed by atoms with Crippen molar-refractivity contribution in [2.45, 2.75) is 6.42 Å². The van der Waals surface area contributed by atoms with E-state index in [0.717, 1.165) is 10.0 Å². The lowest BCUT2D eigenvalue weighted by molar-refractivity contribution is 0.0993. The highest BCUT2D eigenvalue weighted by Crippen LogP contribution is 2.24. The highest BCUT2D eigenvalue weighted by atomic mass is 79.9. The average Bonchev–Trinajstić information content (AvgIpc) is 2.32. The molecule has 0 spiro atoms. The molecule has 0 bridgehead atoms. The van der Waals surface area contributed by atoms with Crippen LogP contribution >= 0.6 is 50.7 Å². The van der Waals surface area contributed by atoms with Gasteiger partial charge in [-0.25, -0.2) is 0 Å². The van der Waals surface area contributed by atoms with E-state index in [4.69, 9.17) is 34.8 Å². The van der Waals surface area contributed by atoms with Crippen molar-refractivity contribution in [3.63, 3.8) is 0 Å². The van der Waals surface area contributed by atoms with E-state index in [1.54, 1.807) is 36.4 Å². The van der Waals surface area contributed by atoms with E-state index < -0.39 is 0 Å². The quantitative estimate of drug-likeness (QED) is 0.614. The Bertz CT molecular complexity index is 620. The van der Waals surface area contributed by atoms with Crippen LogP contribution in [0, 0.1) is 0 Å². The summed E-state index contributed by atoms with van der Waals surface area (Å²) in [5, 5.41) is 1.44. The summed E-state index contributed by atoms with van der Waals surface area (Å²) in [5.74, 6) is -0.0263. The third kappa shape index (κ3) is 3.96. The van der Waals surface area contributed by atoms with Crippen molar-refractivity contribution in [3.05, 3.63) is 67.1 Å². The summed E-state index contributed by atoms with van der Waals surface area (Å²) in [4.78, 5) is 12.2. The zero-order valence-electron chi connectivity index (χ0n) is 9.59. The molecule has 2 aromatic rings. The third-order valence-corrected chi connectivity index (χ3v) is 3.95. The summed E-state index contributed by atoms with van der Waals surface area (Å²) in [6.07, 6.45) is 0.254. The van der Waals surface area contributed by atoms with Crippen molar-refractivity contribution in [3.8, 4) is 0 Å². The van der Waals surface area contributed by atoms with Crippen molar-refractivity contribution in [2.75, 3.05) is 0 Å². The Labute approximate surface area is 134 Å². The first-order chi connectivity index (χ1) is 8.95. The standard InChI is InChI=1S/C14H8BrCl3O/c15-10-5-9(6-11(16)7-10)14(19)4-8-1-2-12(17)13(18)3-8/h1-3,5-7H,4H2. The number of hydrogen-bond donors (Lipinski definition) is 0. The predicted octanol–water partition coefficient (Wildman–Crippen LogP) is 5.83. The fourth-order valence-electron chi connectivity index (χ4n) is 1.65. The third-order valence-electron chi connectivity index (χ3n) is 2.53. The monoisotopic (exact) mass is 376 g/mol. The van der Waals surface area contributed by atoms with Gasteiger partial charge in [-0.1, -0.05) is 56.8 Å². The smallest absolute Gasteiger partial charge is 0.167 e. The maximum absolute atomic E-state index is 12.2. The molecule has 0 aliphatic carbocycles. The van der Waals surface area contributed by atoms with Crippen molar-refractivity contribution < 1.29 is 4.79 Å². The molecule has 0 amide bonds. The molecule has 0 aromatic heterocycles. The second-order valence-corrected chi connectivity index (χ2v) is 6.17. The second kappa shape index (κ2) is 6.27. The fourth-order valence-corrected chi connectivity index (χ4v) is 2.83. The Hall–Kier alpha value is -0.540.